The highest BCUT2D eigenvalue weighted by atomic mass is 32.2. The number of rotatable bonds is 5. The minimum atomic E-state index is -0.456. The molecule has 1 N–H and O–H groups in total. The molecule has 2 rings (SSSR count). The SMILES string of the molecule is CCNc1ncc(F)c(Sc2nnc(SC)s2)n1. The van der Waals surface area contributed by atoms with Crippen LogP contribution in [0.2, 0.25) is 0 Å². The van der Waals surface area contributed by atoms with Gasteiger partial charge >= 0.3 is 0 Å². The van der Waals surface area contributed by atoms with E-state index >= 15 is 0 Å². The average Bonchev–Trinajstić information content (AvgIpc) is 2.81. The molecule has 0 bridgehead atoms. The Morgan fingerprint density at radius 1 is 1.39 bits per heavy atom. The Kier molecular flexibility index (Phi) is 4.72. The predicted octanol–water partition coefficient (Wildman–Crippen LogP) is 2.77. The number of halogens is 1. The van der Waals surface area contributed by atoms with Crippen molar-refractivity contribution in [1.82, 2.24) is 20.2 Å². The third-order valence-electron chi connectivity index (χ3n) is 1.79. The Labute approximate surface area is 116 Å². The smallest absolute Gasteiger partial charge is 0.223 e. The molecular formula is C9H10FN5S3. The Balaban J connectivity index is 2.19. The number of hydrogen-bond donors (Lipinski definition) is 1. The van der Waals surface area contributed by atoms with Gasteiger partial charge in [0.2, 0.25) is 5.95 Å². The van der Waals surface area contributed by atoms with Crippen molar-refractivity contribution in [3.8, 4) is 0 Å². The van der Waals surface area contributed by atoms with Crippen molar-refractivity contribution in [3.05, 3.63) is 12.0 Å². The molecule has 2 aromatic heterocycles. The molecule has 0 unspecified atom stereocenters. The molecular weight excluding hydrogens is 293 g/mol. The maximum Gasteiger partial charge on any atom is 0.223 e. The van der Waals surface area contributed by atoms with Crippen LogP contribution in [0.5, 0.6) is 0 Å². The third kappa shape index (κ3) is 3.30. The molecule has 0 aliphatic heterocycles. The van der Waals surface area contributed by atoms with Crippen molar-refractivity contribution in [1.29, 1.82) is 0 Å². The van der Waals surface area contributed by atoms with Crippen LogP contribution < -0.4 is 5.32 Å². The summed E-state index contributed by atoms with van der Waals surface area (Å²) in [7, 11) is 0. The summed E-state index contributed by atoms with van der Waals surface area (Å²) in [6.45, 7) is 2.61. The van der Waals surface area contributed by atoms with Gasteiger partial charge in [0.15, 0.2) is 14.5 Å². The molecule has 2 heterocycles. The van der Waals surface area contributed by atoms with E-state index in [1.54, 1.807) is 0 Å². The first-order valence-corrected chi connectivity index (χ1v) is 7.90. The lowest BCUT2D eigenvalue weighted by atomic mass is 10.6. The molecule has 96 valence electrons. The summed E-state index contributed by atoms with van der Waals surface area (Å²) >= 11 is 4.08. The van der Waals surface area contributed by atoms with Gasteiger partial charge in [-0.05, 0) is 24.9 Å². The van der Waals surface area contributed by atoms with Gasteiger partial charge in [-0.15, -0.1) is 10.2 Å². The average molecular weight is 303 g/mol. The Hall–Kier alpha value is -0.930. The first kappa shape index (κ1) is 13.5. The van der Waals surface area contributed by atoms with Crippen LogP contribution >= 0.6 is 34.9 Å². The normalized spacial score (nSPS) is 10.6. The molecule has 9 heteroatoms. The number of nitrogens with one attached hydrogen (secondary N) is 1. The highest BCUT2D eigenvalue weighted by Gasteiger charge is 2.12. The number of nitrogens with zero attached hydrogens (tertiary/aromatic N) is 4. The van der Waals surface area contributed by atoms with Gasteiger partial charge in [0.05, 0.1) is 6.20 Å². The van der Waals surface area contributed by atoms with Crippen molar-refractivity contribution in [2.45, 2.75) is 20.6 Å². The van der Waals surface area contributed by atoms with Crippen LogP contribution in [0.15, 0.2) is 19.9 Å². The van der Waals surface area contributed by atoms with Gasteiger partial charge in [-0.2, -0.15) is 0 Å². The number of thioether (sulfide) groups is 1. The molecule has 0 spiro atoms. The standard InChI is InChI=1S/C9H10FN5S3/c1-3-11-7-12-4-5(10)6(13-7)17-9-15-14-8(16-2)18-9/h4H,3H2,1-2H3,(H,11,12,13). The van der Waals surface area contributed by atoms with E-state index in [2.05, 4.69) is 25.5 Å². The van der Waals surface area contributed by atoms with E-state index < -0.39 is 5.82 Å². The van der Waals surface area contributed by atoms with E-state index in [4.69, 9.17) is 0 Å². The monoisotopic (exact) mass is 303 g/mol. The van der Waals surface area contributed by atoms with Crippen LogP contribution in [0.4, 0.5) is 10.3 Å². The van der Waals surface area contributed by atoms with Crippen LogP contribution in [-0.4, -0.2) is 33.0 Å². The fourth-order valence-corrected chi connectivity index (χ4v) is 3.40. The number of aromatic nitrogens is 4. The highest BCUT2D eigenvalue weighted by Crippen LogP contribution is 2.33. The van der Waals surface area contributed by atoms with E-state index in [9.17, 15) is 4.39 Å². The van der Waals surface area contributed by atoms with Crippen molar-refractivity contribution in [2.75, 3.05) is 18.1 Å². The van der Waals surface area contributed by atoms with E-state index in [1.807, 2.05) is 13.2 Å². The zero-order valence-electron chi connectivity index (χ0n) is 9.68. The number of hydrogen-bond acceptors (Lipinski definition) is 8. The molecule has 0 aliphatic carbocycles. The van der Waals surface area contributed by atoms with E-state index in [0.717, 1.165) is 22.3 Å². The van der Waals surface area contributed by atoms with Crippen LogP contribution in [0.3, 0.4) is 0 Å². The first-order chi connectivity index (χ1) is 8.72. The summed E-state index contributed by atoms with van der Waals surface area (Å²) < 4.78 is 15.1. The minimum absolute atomic E-state index is 0.254. The van der Waals surface area contributed by atoms with Gasteiger partial charge in [-0.1, -0.05) is 23.1 Å². The zero-order valence-corrected chi connectivity index (χ0v) is 12.1. The molecule has 5 nitrogen and oxygen atoms in total. The van der Waals surface area contributed by atoms with E-state index in [0.29, 0.717) is 16.8 Å². The van der Waals surface area contributed by atoms with Crippen LogP contribution in [0.25, 0.3) is 0 Å². The van der Waals surface area contributed by atoms with Crippen molar-refractivity contribution in [3.63, 3.8) is 0 Å². The highest BCUT2D eigenvalue weighted by molar-refractivity contribution is 8.02. The Morgan fingerprint density at radius 3 is 2.83 bits per heavy atom. The first-order valence-electron chi connectivity index (χ1n) is 5.04. The molecule has 0 radical (unpaired) electrons. The minimum Gasteiger partial charge on any atom is -0.354 e. The molecule has 18 heavy (non-hydrogen) atoms. The molecule has 0 aliphatic rings. The number of anilines is 1. The van der Waals surface area contributed by atoms with Crippen molar-refractivity contribution < 1.29 is 4.39 Å². The summed E-state index contributed by atoms with van der Waals surface area (Å²) in [5.74, 6) is -0.0430. The molecule has 0 aromatic carbocycles. The van der Waals surface area contributed by atoms with Gasteiger partial charge in [-0.25, -0.2) is 14.4 Å². The Morgan fingerprint density at radius 2 is 2.17 bits per heavy atom. The van der Waals surface area contributed by atoms with E-state index in [1.165, 1.54) is 23.1 Å². The van der Waals surface area contributed by atoms with Crippen LogP contribution in [0.1, 0.15) is 6.92 Å². The summed E-state index contributed by atoms with van der Waals surface area (Å²) in [5.41, 5.74) is 0. The zero-order chi connectivity index (χ0) is 13.0. The molecule has 0 saturated heterocycles. The van der Waals surface area contributed by atoms with Gasteiger partial charge in [-0.3, -0.25) is 0 Å². The molecule has 0 fully saturated rings. The second kappa shape index (κ2) is 6.30. The topological polar surface area (TPSA) is 63.6 Å². The van der Waals surface area contributed by atoms with Crippen LogP contribution in [0, 0.1) is 5.82 Å². The van der Waals surface area contributed by atoms with Crippen molar-refractivity contribution >= 4 is 40.8 Å². The summed E-state index contributed by atoms with van der Waals surface area (Å²) in [6, 6.07) is 0. The lowest BCUT2D eigenvalue weighted by Gasteiger charge is -2.03. The van der Waals surface area contributed by atoms with Gasteiger partial charge in [0.1, 0.15) is 5.03 Å². The molecule has 0 amide bonds. The second-order valence-corrected chi connectivity index (χ2v) is 6.28. The van der Waals surface area contributed by atoms with Crippen molar-refractivity contribution in [2.24, 2.45) is 0 Å². The predicted molar refractivity (Wildman–Crippen MR) is 72.0 cm³/mol. The summed E-state index contributed by atoms with van der Waals surface area (Å²) in [5, 5.41) is 11.1. The molecule has 0 saturated carbocycles. The summed E-state index contributed by atoms with van der Waals surface area (Å²) in [6.07, 6.45) is 3.08. The third-order valence-corrected chi connectivity index (χ3v) is 4.72. The van der Waals surface area contributed by atoms with Gasteiger partial charge in [0.25, 0.3) is 0 Å². The van der Waals surface area contributed by atoms with Crippen LogP contribution in [-0.2, 0) is 0 Å². The van der Waals surface area contributed by atoms with Gasteiger partial charge < -0.3 is 5.32 Å². The Bertz CT molecular complexity index is 533. The summed E-state index contributed by atoms with van der Waals surface area (Å²) in [4.78, 5) is 7.93. The fraction of sp³-hybridized carbons (Fsp3) is 0.333. The lowest BCUT2D eigenvalue weighted by Crippen LogP contribution is -2.03. The maximum atomic E-state index is 13.6. The molecule has 2 aromatic rings. The maximum absolute atomic E-state index is 13.6. The van der Waals surface area contributed by atoms with E-state index in [-0.39, 0.29) is 5.03 Å². The quantitative estimate of drug-likeness (QED) is 0.673. The largest absolute Gasteiger partial charge is 0.354 e. The second-order valence-electron chi connectivity index (χ2n) is 3.02. The lowest BCUT2D eigenvalue weighted by molar-refractivity contribution is 0.580. The van der Waals surface area contributed by atoms with Gasteiger partial charge in [0, 0.05) is 6.54 Å². The molecule has 0 atom stereocenters. The fourth-order valence-electron chi connectivity index (χ4n) is 1.07.